The first kappa shape index (κ1) is 10.5. The summed E-state index contributed by atoms with van der Waals surface area (Å²) in [6.07, 6.45) is 2.50. The summed E-state index contributed by atoms with van der Waals surface area (Å²) in [6, 6.07) is 0. The lowest BCUT2D eigenvalue weighted by Crippen LogP contribution is -2.43. The second-order valence-electron chi connectivity index (χ2n) is 5.39. The molecule has 1 aromatic rings. The maximum atomic E-state index is 4.88. The van der Waals surface area contributed by atoms with E-state index in [1.54, 1.807) is 0 Å². The monoisotopic (exact) mass is 237 g/mol. The fourth-order valence-corrected chi connectivity index (χ4v) is 3.87. The van der Waals surface area contributed by atoms with E-state index in [0.717, 1.165) is 26.2 Å². The van der Waals surface area contributed by atoms with Crippen LogP contribution in [0.15, 0.2) is 0 Å². The van der Waals surface area contributed by atoms with E-state index in [1.165, 1.54) is 28.5 Å². The summed E-state index contributed by atoms with van der Waals surface area (Å²) >= 11 is 1.92. The second-order valence-corrected chi connectivity index (χ2v) is 6.45. The number of nitrogens with one attached hydrogen (secondary N) is 1. The Balaban J connectivity index is 1.88. The van der Waals surface area contributed by atoms with E-state index in [-0.39, 0.29) is 0 Å². The van der Waals surface area contributed by atoms with Crippen molar-refractivity contribution in [1.29, 1.82) is 0 Å². The van der Waals surface area contributed by atoms with Gasteiger partial charge in [0.05, 0.1) is 5.69 Å². The molecule has 1 aromatic heterocycles. The number of nitrogens with zero attached hydrogens (tertiary/aromatic N) is 2. The van der Waals surface area contributed by atoms with Crippen molar-refractivity contribution < 1.29 is 0 Å². The molecule has 1 saturated heterocycles. The molecule has 0 atom stereocenters. The van der Waals surface area contributed by atoms with Crippen molar-refractivity contribution in [3.8, 4) is 0 Å². The molecule has 16 heavy (non-hydrogen) atoms. The van der Waals surface area contributed by atoms with E-state index in [9.17, 15) is 0 Å². The van der Waals surface area contributed by atoms with Crippen LogP contribution in [0.1, 0.15) is 30.8 Å². The average molecular weight is 237 g/mol. The number of piperazine rings is 1. The van der Waals surface area contributed by atoms with Gasteiger partial charge in [-0.15, -0.1) is 11.3 Å². The first-order chi connectivity index (χ1) is 7.67. The first-order valence-electron chi connectivity index (χ1n) is 6.13. The van der Waals surface area contributed by atoms with E-state index < -0.39 is 0 Å². The van der Waals surface area contributed by atoms with Crippen LogP contribution in [-0.4, -0.2) is 31.2 Å². The van der Waals surface area contributed by atoms with Crippen LogP contribution in [0.4, 0.5) is 5.13 Å². The Bertz CT molecular complexity index is 391. The Kier molecular flexibility index (Phi) is 2.44. The molecule has 0 unspecified atom stereocenters. The first-order valence-corrected chi connectivity index (χ1v) is 6.94. The van der Waals surface area contributed by atoms with Gasteiger partial charge in [-0.1, -0.05) is 13.8 Å². The lowest BCUT2D eigenvalue weighted by molar-refractivity contribution is 0.508. The molecular formula is C12H19N3S. The van der Waals surface area contributed by atoms with Crippen molar-refractivity contribution in [3.05, 3.63) is 10.6 Å². The molecule has 88 valence electrons. The summed E-state index contributed by atoms with van der Waals surface area (Å²) in [6.45, 7) is 9.03. The number of hydrogen-bond acceptors (Lipinski definition) is 4. The summed E-state index contributed by atoms with van der Waals surface area (Å²) in [4.78, 5) is 8.84. The fraction of sp³-hybridized carbons (Fsp3) is 0.750. The third-order valence-corrected chi connectivity index (χ3v) is 4.87. The van der Waals surface area contributed by atoms with Crippen molar-refractivity contribution in [1.82, 2.24) is 10.3 Å². The van der Waals surface area contributed by atoms with Gasteiger partial charge in [0.2, 0.25) is 0 Å². The highest BCUT2D eigenvalue weighted by atomic mass is 32.1. The second kappa shape index (κ2) is 3.70. The molecule has 0 saturated carbocycles. The molecular weight excluding hydrogens is 218 g/mol. The summed E-state index contributed by atoms with van der Waals surface area (Å²) in [5.41, 5.74) is 1.67. The number of rotatable bonds is 1. The molecule has 0 bridgehead atoms. The highest BCUT2D eigenvalue weighted by Crippen LogP contribution is 2.42. The lowest BCUT2D eigenvalue weighted by Gasteiger charge is -2.27. The van der Waals surface area contributed by atoms with Gasteiger partial charge in [0.25, 0.3) is 0 Å². The zero-order valence-corrected chi connectivity index (χ0v) is 10.9. The summed E-state index contributed by atoms with van der Waals surface area (Å²) in [7, 11) is 0. The van der Waals surface area contributed by atoms with Crippen LogP contribution in [0.25, 0.3) is 0 Å². The lowest BCUT2D eigenvalue weighted by atomic mass is 9.91. The van der Waals surface area contributed by atoms with Crippen LogP contribution in [0, 0.1) is 0 Å². The topological polar surface area (TPSA) is 28.2 Å². The smallest absolute Gasteiger partial charge is 0.185 e. The Morgan fingerprint density at radius 3 is 2.75 bits per heavy atom. The van der Waals surface area contributed by atoms with Crippen LogP contribution in [0.2, 0.25) is 0 Å². The Hall–Kier alpha value is -0.610. The van der Waals surface area contributed by atoms with Gasteiger partial charge >= 0.3 is 0 Å². The van der Waals surface area contributed by atoms with Crippen molar-refractivity contribution >= 4 is 16.5 Å². The van der Waals surface area contributed by atoms with Crippen LogP contribution >= 0.6 is 11.3 Å². The standard InChI is InChI=1S/C12H19N3S/c1-12(2)4-3-9-10(12)14-11(16-9)15-7-5-13-6-8-15/h13H,3-8H2,1-2H3. The van der Waals surface area contributed by atoms with Crippen LogP contribution in [-0.2, 0) is 11.8 Å². The molecule has 0 aromatic carbocycles. The third-order valence-electron chi connectivity index (χ3n) is 3.69. The highest BCUT2D eigenvalue weighted by Gasteiger charge is 2.34. The number of thiazole rings is 1. The van der Waals surface area contributed by atoms with Gasteiger partial charge in [0.1, 0.15) is 0 Å². The van der Waals surface area contributed by atoms with Crippen molar-refractivity contribution in [2.45, 2.75) is 32.1 Å². The molecule has 1 N–H and O–H groups in total. The van der Waals surface area contributed by atoms with E-state index in [2.05, 4.69) is 24.1 Å². The summed E-state index contributed by atoms with van der Waals surface area (Å²) < 4.78 is 0. The molecule has 2 aliphatic rings. The number of aryl methyl sites for hydroxylation is 1. The van der Waals surface area contributed by atoms with Crippen LogP contribution in [0.5, 0.6) is 0 Å². The number of anilines is 1. The molecule has 0 radical (unpaired) electrons. The predicted octanol–water partition coefficient (Wildman–Crippen LogP) is 1.78. The van der Waals surface area contributed by atoms with Gasteiger partial charge in [-0.05, 0) is 12.8 Å². The quantitative estimate of drug-likeness (QED) is 0.807. The van der Waals surface area contributed by atoms with Gasteiger partial charge in [-0.25, -0.2) is 4.98 Å². The van der Waals surface area contributed by atoms with Gasteiger partial charge < -0.3 is 10.2 Å². The van der Waals surface area contributed by atoms with Gasteiger partial charge in [-0.2, -0.15) is 0 Å². The molecule has 1 aliphatic carbocycles. The van der Waals surface area contributed by atoms with Crippen LogP contribution in [0.3, 0.4) is 0 Å². The number of aromatic nitrogens is 1. The highest BCUT2D eigenvalue weighted by molar-refractivity contribution is 7.15. The van der Waals surface area contributed by atoms with E-state index in [1.807, 2.05) is 11.3 Å². The molecule has 0 spiro atoms. The minimum atomic E-state index is 0.304. The Labute approximate surface area is 101 Å². The SMILES string of the molecule is CC1(C)CCc2sc(N3CCNCC3)nc21. The molecule has 2 heterocycles. The largest absolute Gasteiger partial charge is 0.346 e. The zero-order valence-electron chi connectivity index (χ0n) is 10.0. The van der Waals surface area contributed by atoms with Crippen molar-refractivity contribution in [2.24, 2.45) is 0 Å². The van der Waals surface area contributed by atoms with Crippen molar-refractivity contribution in [3.63, 3.8) is 0 Å². The molecule has 3 nitrogen and oxygen atoms in total. The summed E-state index contributed by atoms with van der Waals surface area (Å²) in [5, 5.41) is 4.63. The van der Waals surface area contributed by atoms with Gasteiger partial charge in [-0.3, -0.25) is 0 Å². The van der Waals surface area contributed by atoms with Gasteiger partial charge in [0.15, 0.2) is 5.13 Å². The number of hydrogen-bond donors (Lipinski definition) is 1. The van der Waals surface area contributed by atoms with E-state index >= 15 is 0 Å². The number of fused-ring (bicyclic) bond motifs is 1. The molecule has 1 fully saturated rings. The minimum Gasteiger partial charge on any atom is -0.346 e. The molecule has 0 amide bonds. The third kappa shape index (κ3) is 1.64. The minimum absolute atomic E-state index is 0.304. The fourth-order valence-electron chi connectivity index (χ4n) is 2.57. The summed E-state index contributed by atoms with van der Waals surface area (Å²) in [5.74, 6) is 0. The zero-order chi connectivity index (χ0) is 11.2. The van der Waals surface area contributed by atoms with Crippen LogP contribution < -0.4 is 10.2 Å². The van der Waals surface area contributed by atoms with Crippen molar-refractivity contribution in [2.75, 3.05) is 31.1 Å². The average Bonchev–Trinajstić information content (AvgIpc) is 2.82. The van der Waals surface area contributed by atoms with E-state index in [4.69, 9.17) is 4.98 Å². The normalized spacial score (nSPS) is 23.5. The maximum absolute atomic E-state index is 4.88. The maximum Gasteiger partial charge on any atom is 0.185 e. The molecule has 3 rings (SSSR count). The Morgan fingerprint density at radius 2 is 2.06 bits per heavy atom. The molecule has 1 aliphatic heterocycles. The molecule has 4 heteroatoms. The van der Waals surface area contributed by atoms with Gasteiger partial charge in [0, 0.05) is 36.5 Å². The van der Waals surface area contributed by atoms with E-state index in [0.29, 0.717) is 5.41 Å². The predicted molar refractivity (Wildman–Crippen MR) is 68.5 cm³/mol. The Morgan fingerprint density at radius 1 is 1.31 bits per heavy atom.